The summed E-state index contributed by atoms with van der Waals surface area (Å²) in [5.74, 6) is -0.0843. The van der Waals surface area contributed by atoms with E-state index >= 15 is 0 Å². The molecule has 1 aromatic heterocycles. The predicted octanol–water partition coefficient (Wildman–Crippen LogP) is 2.72. The number of hydrogen-bond acceptors (Lipinski definition) is 3. The van der Waals surface area contributed by atoms with E-state index < -0.39 is 0 Å². The van der Waals surface area contributed by atoms with E-state index in [0.717, 1.165) is 12.0 Å². The van der Waals surface area contributed by atoms with Crippen LogP contribution in [0.5, 0.6) is 0 Å². The van der Waals surface area contributed by atoms with Crippen molar-refractivity contribution in [3.8, 4) is 0 Å². The summed E-state index contributed by atoms with van der Waals surface area (Å²) in [7, 11) is 0. The van der Waals surface area contributed by atoms with Gasteiger partial charge in [0.1, 0.15) is 0 Å². The van der Waals surface area contributed by atoms with Gasteiger partial charge in [0, 0.05) is 22.9 Å². The number of hydrogen-bond donors (Lipinski definition) is 2. The highest BCUT2D eigenvalue weighted by atomic mass is 32.1. The van der Waals surface area contributed by atoms with Gasteiger partial charge in [0.05, 0.1) is 6.61 Å². The van der Waals surface area contributed by atoms with Crippen LogP contribution < -0.4 is 5.32 Å². The topological polar surface area (TPSA) is 49.3 Å². The number of benzene rings is 1. The molecule has 4 heteroatoms. The van der Waals surface area contributed by atoms with Gasteiger partial charge < -0.3 is 10.4 Å². The predicted molar refractivity (Wildman–Crippen MR) is 82.0 cm³/mol. The Kier molecular flexibility index (Phi) is 4.93. The maximum Gasteiger partial charge on any atom is 0.252 e. The molecule has 1 aromatic carbocycles. The number of amides is 1. The van der Waals surface area contributed by atoms with E-state index in [-0.39, 0.29) is 17.9 Å². The molecule has 1 atom stereocenters. The third-order valence-corrected chi connectivity index (χ3v) is 4.00. The van der Waals surface area contributed by atoms with E-state index in [1.807, 2.05) is 48.0 Å². The monoisotopic (exact) mass is 289 g/mol. The molecule has 2 rings (SSSR count). The summed E-state index contributed by atoms with van der Waals surface area (Å²) in [6.07, 6.45) is 0.730. The summed E-state index contributed by atoms with van der Waals surface area (Å²) in [5.41, 5.74) is 1.48. The first-order valence-corrected chi connectivity index (χ1v) is 7.52. The Morgan fingerprint density at radius 1 is 1.30 bits per heavy atom. The zero-order valence-electron chi connectivity index (χ0n) is 11.5. The van der Waals surface area contributed by atoms with Crippen LogP contribution in [0.3, 0.4) is 0 Å². The minimum atomic E-state index is -0.354. The van der Waals surface area contributed by atoms with Gasteiger partial charge in [0.25, 0.3) is 5.91 Å². The first-order valence-electron chi connectivity index (χ1n) is 6.58. The summed E-state index contributed by atoms with van der Waals surface area (Å²) in [5, 5.41) is 16.2. The Morgan fingerprint density at radius 3 is 2.65 bits per heavy atom. The Hall–Kier alpha value is -1.65. The van der Waals surface area contributed by atoms with Crippen molar-refractivity contribution in [2.24, 2.45) is 5.41 Å². The summed E-state index contributed by atoms with van der Waals surface area (Å²) in [6, 6.07) is 11.8. The first-order chi connectivity index (χ1) is 9.63. The van der Waals surface area contributed by atoms with Gasteiger partial charge in [0.15, 0.2) is 0 Å². The molecule has 0 spiro atoms. The van der Waals surface area contributed by atoms with Crippen LogP contribution in [-0.2, 0) is 6.42 Å². The van der Waals surface area contributed by atoms with Crippen LogP contribution in [0.1, 0.15) is 22.8 Å². The number of aliphatic hydroxyl groups excluding tert-OH is 1. The average molecular weight is 289 g/mol. The number of nitrogens with one attached hydrogen (secondary N) is 1. The fourth-order valence-corrected chi connectivity index (χ4v) is 2.69. The molecule has 0 saturated carbocycles. The fourth-order valence-electron chi connectivity index (χ4n) is 2.05. The molecule has 0 bridgehead atoms. The maximum absolute atomic E-state index is 11.9. The van der Waals surface area contributed by atoms with Crippen molar-refractivity contribution < 1.29 is 9.90 Å². The van der Waals surface area contributed by atoms with Crippen LogP contribution in [0, 0.1) is 5.41 Å². The Balaban J connectivity index is 1.95. The number of thiophene rings is 1. The molecule has 3 nitrogen and oxygen atoms in total. The minimum Gasteiger partial charge on any atom is -0.396 e. The summed E-state index contributed by atoms with van der Waals surface area (Å²) in [6.45, 7) is 2.47. The maximum atomic E-state index is 11.9. The molecule has 0 aliphatic rings. The molecular weight excluding hydrogens is 270 g/mol. The van der Waals surface area contributed by atoms with E-state index in [9.17, 15) is 9.90 Å². The second kappa shape index (κ2) is 6.68. The highest BCUT2D eigenvalue weighted by Crippen LogP contribution is 2.21. The van der Waals surface area contributed by atoms with Gasteiger partial charge in [-0.2, -0.15) is 11.3 Å². The van der Waals surface area contributed by atoms with Crippen LogP contribution in [0.25, 0.3) is 0 Å². The molecule has 106 valence electrons. The second-order valence-electron chi connectivity index (χ2n) is 5.33. The Bertz CT molecular complexity index is 539. The lowest BCUT2D eigenvalue weighted by Gasteiger charge is -2.27. The van der Waals surface area contributed by atoms with Crippen LogP contribution in [0.15, 0.2) is 47.2 Å². The fraction of sp³-hybridized carbons (Fsp3) is 0.312. The van der Waals surface area contributed by atoms with Crippen molar-refractivity contribution in [3.63, 3.8) is 0 Å². The average Bonchev–Trinajstić information content (AvgIpc) is 3.00. The molecule has 0 unspecified atom stereocenters. The number of aliphatic hydroxyl groups is 1. The van der Waals surface area contributed by atoms with Crippen molar-refractivity contribution in [2.45, 2.75) is 13.3 Å². The van der Waals surface area contributed by atoms with Crippen molar-refractivity contribution in [1.82, 2.24) is 5.32 Å². The zero-order valence-corrected chi connectivity index (χ0v) is 12.3. The van der Waals surface area contributed by atoms with Crippen LogP contribution >= 0.6 is 11.3 Å². The summed E-state index contributed by atoms with van der Waals surface area (Å²) in [4.78, 5) is 11.9. The molecular formula is C16H19NO2S. The van der Waals surface area contributed by atoms with Crippen LogP contribution in [0.4, 0.5) is 0 Å². The lowest BCUT2D eigenvalue weighted by Crippen LogP contribution is -2.39. The van der Waals surface area contributed by atoms with E-state index in [1.54, 1.807) is 6.07 Å². The molecule has 1 amide bonds. The lowest BCUT2D eigenvalue weighted by molar-refractivity contribution is 0.0895. The van der Waals surface area contributed by atoms with Crippen molar-refractivity contribution >= 4 is 17.2 Å². The van der Waals surface area contributed by atoms with Gasteiger partial charge >= 0.3 is 0 Å². The van der Waals surface area contributed by atoms with E-state index in [2.05, 4.69) is 5.32 Å². The molecule has 0 fully saturated rings. The highest BCUT2D eigenvalue weighted by molar-refractivity contribution is 7.08. The zero-order chi connectivity index (χ0) is 14.4. The Morgan fingerprint density at radius 2 is 2.05 bits per heavy atom. The summed E-state index contributed by atoms with van der Waals surface area (Å²) >= 11 is 1.50. The molecule has 2 N–H and O–H groups in total. The minimum absolute atomic E-state index is 0.0335. The van der Waals surface area contributed by atoms with Gasteiger partial charge in [-0.25, -0.2) is 0 Å². The molecule has 0 saturated heterocycles. The lowest BCUT2D eigenvalue weighted by atomic mass is 9.84. The van der Waals surface area contributed by atoms with Crippen molar-refractivity contribution in [2.75, 3.05) is 13.2 Å². The molecule has 2 aromatic rings. The van der Waals surface area contributed by atoms with Crippen molar-refractivity contribution in [1.29, 1.82) is 0 Å². The van der Waals surface area contributed by atoms with E-state index in [1.165, 1.54) is 11.3 Å². The van der Waals surface area contributed by atoms with Gasteiger partial charge in [-0.15, -0.1) is 0 Å². The number of rotatable bonds is 6. The Labute approximate surface area is 123 Å². The number of carbonyl (C=O) groups is 1. The third-order valence-electron chi connectivity index (χ3n) is 3.31. The normalized spacial score (nSPS) is 13.7. The highest BCUT2D eigenvalue weighted by Gasteiger charge is 2.25. The van der Waals surface area contributed by atoms with Gasteiger partial charge in [-0.1, -0.05) is 37.3 Å². The molecule has 0 aliphatic heterocycles. The number of carbonyl (C=O) groups excluding carboxylic acids is 1. The quantitative estimate of drug-likeness (QED) is 0.859. The molecule has 20 heavy (non-hydrogen) atoms. The smallest absolute Gasteiger partial charge is 0.252 e. The van der Waals surface area contributed by atoms with E-state index in [4.69, 9.17) is 0 Å². The standard InChI is InChI=1S/C16H19NO2S/c1-16(12-18,9-13-5-3-2-4-6-13)11-17-15(19)14-7-8-20-10-14/h2-8,10,18H,9,11-12H2,1H3,(H,17,19)/t16-/m1/s1. The SMILES string of the molecule is C[C@](CO)(CNC(=O)c1ccsc1)Cc1ccccc1. The van der Waals surface area contributed by atoms with Gasteiger partial charge in [0.2, 0.25) is 0 Å². The molecule has 0 radical (unpaired) electrons. The van der Waals surface area contributed by atoms with Gasteiger partial charge in [-0.05, 0) is 23.4 Å². The van der Waals surface area contributed by atoms with Crippen molar-refractivity contribution in [3.05, 3.63) is 58.3 Å². The molecule has 1 heterocycles. The van der Waals surface area contributed by atoms with Gasteiger partial charge in [-0.3, -0.25) is 4.79 Å². The largest absolute Gasteiger partial charge is 0.396 e. The molecule has 0 aliphatic carbocycles. The second-order valence-corrected chi connectivity index (χ2v) is 6.11. The van der Waals surface area contributed by atoms with E-state index in [0.29, 0.717) is 12.1 Å². The first kappa shape index (κ1) is 14.8. The summed E-state index contributed by atoms with van der Waals surface area (Å²) < 4.78 is 0. The van der Waals surface area contributed by atoms with Crippen LogP contribution in [0.2, 0.25) is 0 Å². The van der Waals surface area contributed by atoms with Crippen LogP contribution in [-0.4, -0.2) is 24.2 Å². The third kappa shape index (κ3) is 3.92.